The SMILES string of the molecule is C=Cc1ccc(Nc2ccc(NCCN3CCCC3C)c(N=C)c2)cc1. The number of hydrogen-bond acceptors (Lipinski definition) is 4. The first kappa shape index (κ1) is 18.2. The average molecular weight is 348 g/mol. The van der Waals surface area contributed by atoms with E-state index in [0.717, 1.165) is 41.4 Å². The summed E-state index contributed by atoms with van der Waals surface area (Å²) in [5, 5.41) is 6.91. The predicted octanol–water partition coefficient (Wildman–Crippen LogP) is 5.30. The Kier molecular flexibility index (Phi) is 6.08. The molecule has 1 atom stereocenters. The number of anilines is 3. The van der Waals surface area contributed by atoms with Gasteiger partial charge in [-0.2, -0.15) is 0 Å². The third kappa shape index (κ3) is 4.52. The van der Waals surface area contributed by atoms with E-state index in [2.05, 4.69) is 52.9 Å². The second-order valence-electron chi connectivity index (χ2n) is 6.80. The lowest BCUT2D eigenvalue weighted by atomic mass is 10.2. The van der Waals surface area contributed by atoms with Crippen LogP contribution in [0.3, 0.4) is 0 Å². The fourth-order valence-electron chi connectivity index (χ4n) is 3.42. The zero-order chi connectivity index (χ0) is 18.4. The Bertz CT molecular complexity index is 751. The summed E-state index contributed by atoms with van der Waals surface area (Å²) >= 11 is 0. The summed E-state index contributed by atoms with van der Waals surface area (Å²) in [7, 11) is 0. The normalized spacial score (nSPS) is 17.0. The van der Waals surface area contributed by atoms with E-state index in [1.807, 2.05) is 36.4 Å². The number of benzene rings is 2. The van der Waals surface area contributed by atoms with E-state index in [1.54, 1.807) is 0 Å². The molecule has 3 rings (SSSR count). The van der Waals surface area contributed by atoms with Crippen molar-refractivity contribution in [2.24, 2.45) is 4.99 Å². The summed E-state index contributed by atoms with van der Waals surface area (Å²) in [6, 6.07) is 15.0. The Balaban J connectivity index is 1.61. The Morgan fingerprint density at radius 3 is 2.62 bits per heavy atom. The van der Waals surface area contributed by atoms with Gasteiger partial charge in [-0.1, -0.05) is 24.8 Å². The van der Waals surface area contributed by atoms with Crippen LogP contribution in [0.25, 0.3) is 6.08 Å². The van der Waals surface area contributed by atoms with Crippen LogP contribution in [0.1, 0.15) is 25.3 Å². The van der Waals surface area contributed by atoms with Crippen LogP contribution in [0.5, 0.6) is 0 Å². The fourth-order valence-corrected chi connectivity index (χ4v) is 3.42. The molecule has 0 amide bonds. The summed E-state index contributed by atoms with van der Waals surface area (Å²) in [6.45, 7) is 13.0. The number of rotatable bonds is 8. The monoisotopic (exact) mass is 348 g/mol. The van der Waals surface area contributed by atoms with Gasteiger partial charge in [0.25, 0.3) is 0 Å². The van der Waals surface area contributed by atoms with Gasteiger partial charge < -0.3 is 10.6 Å². The minimum atomic E-state index is 0.702. The zero-order valence-corrected chi connectivity index (χ0v) is 15.5. The molecule has 4 heteroatoms. The summed E-state index contributed by atoms with van der Waals surface area (Å²) in [6.07, 6.45) is 4.47. The van der Waals surface area contributed by atoms with Gasteiger partial charge in [0.05, 0.1) is 11.4 Å². The molecule has 0 spiro atoms. The molecule has 0 bridgehead atoms. The molecule has 26 heavy (non-hydrogen) atoms. The molecule has 0 radical (unpaired) electrons. The highest BCUT2D eigenvalue weighted by molar-refractivity contribution is 5.75. The van der Waals surface area contributed by atoms with Gasteiger partial charge in [0.2, 0.25) is 0 Å². The molecule has 2 aromatic carbocycles. The van der Waals surface area contributed by atoms with Crippen molar-refractivity contribution >= 4 is 35.5 Å². The maximum Gasteiger partial charge on any atom is 0.0874 e. The molecular weight excluding hydrogens is 320 g/mol. The first-order chi connectivity index (χ1) is 12.7. The molecular formula is C22H28N4. The van der Waals surface area contributed by atoms with Crippen LogP contribution in [0.15, 0.2) is 54.0 Å². The van der Waals surface area contributed by atoms with Gasteiger partial charge in [-0.25, -0.2) is 0 Å². The van der Waals surface area contributed by atoms with E-state index in [-0.39, 0.29) is 0 Å². The highest BCUT2D eigenvalue weighted by atomic mass is 15.2. The molecule has 1 aliphatic rings. The summed E-state index contributed by atoms with van der Waals surface area (Å²) in [5.74, 6) is 0. The van der Waals surface area contributed by atoms with Crippen molar-refractivity contribution in [2.75, 3.05) is 30.3 Å². The van der Waals surface area contributed by atoms with Gasteiger partial charge >= 0.3 is 0 Å². The van der Waals surface area contributed by atoms with Gasteiger partial charge in [-0.05, 0) is 68.9 Å². The summed E-state index contributed by atoms with van der Waals surface area (Å²) in [5.41, 5.74) is 5.04. The molecule has 136 valence electrons. The Hall–Kier alpha value is -2.59. The summed E-state index contributed by atoms with van der Waals surface area (Å²) in [4.78, 5) is 6.72. The van der Waals surface area contributed by atoms with Crippen molar-refractivity contribution in [3.8, 4) is 0 Å². The smallest absolute Gasteiger partial charge is 0.0874 e. The van der Waals surface area contributed by atoms with E-state index in [4.69, 9.17) is 0 Å². The van der Waals surface area contributed by atoms with Crippen LogP contribution >= 0.6 is 0 Å². The van der Waals surface area contributed by atoms with E-state index >= 15 is 0 Å². The molecule has 1 unspecified atom stereocenters. The van der Waals surface area contributed by atoms with E-state index in [0.29, 0.717) is 6.04 Å². The predicted molar refractivity (Wildman–Crippen MR) is 114 cm³/mol. The van der Waals surface area contributed by atoms with Crippen molar-refractivity contribution in [3.63, 3.8) is 0 Å². The molecule has 2 N–H and O–H groups in total. The minimum Gasteiger partial charge on any atom is -0.382 e. The second kappa shape index (κ2) is 8.68. The number of aliphatic imine (C=N–C) groups is 1. The van der Waals surface area contributed by atoms with Gasteiger partial charge in [0.1, 0.15) is 0 Å². The lowest BCUT2D eigenvalue weighted by Gasteiger charge is -2.21. The van der Waals surface area contributed by atoms with E-state index in [9.17, 15) is 0 Å². The lowest BCUT2D eigenvalue weighted by Crippen LogP contribution is -2.31. The molecule has 1 heterocycles. The third-order valence-electron chi connectivity index (χ3n) is 5.01. The lowest BCUT2D eigenvalue weighted by molar-refractivity contribution is 0.279. The molecule has 4 nitrogen and oxygen atoms in total. The average Bonchev–Trinajstić information content (AvgIpc) is 3.08. The van der Waals surface area contributed by atoms with E-state index < -0.39 is 0 Å². The first-order valence-corrected chi connectivity index (χ1v) is 9.28. The molecule has 1 fully saturated rings. The Labute approximate surface area is 156 Å². The van der Waals surface area contributed by atoms with Crippen molar-refractivity contribution in [1.82, 2.24) is 4.90 Å². The first-order valence-electron chi connectivity index (χ1n) is 9.28. The molecule has 2 aromatic rings. The van der Waals surface area contributed by atoms with Crippen LogP contribution < -0.4 is 10.6 Å². The van der Waals surface area contributed by atoms with E-state index in [1.165, 1.54) is 19.4 Å². The molecule has 0 aliphatic carbocycles. The third-order valence-corrected chi connectivity index (χ3v) is 5.01. The topological polar surface area (TPSA) is 39.7 Å². The van der Waals surface area contributed by atoms with Gasteiger partial charge in [-0.15, -0.1) is 0 Å². The highest BCUT2D eigenvalue weighted by Gasteiger charge is 2.19. The number of nitrogens with one attached hydrogen (secondary N) is 2. The van der Waals surface area contributed by atoms with Gasteiger partial charge in [0.15, 0.2) is 0 Å². The van der Waals surface area contributed by atoms with Crippen LogP contribution in [-0.4, -0.2) is 37.3 Å². The van der Waals surface area contributed by atoms with Crippen LogP contribution in [0, 0.1) is 0 Å². The Morgan fingerprint density at radius 2 is 1.96 bits per heavy atom. The van der Waals surface area contributed by atoms with Crippen molar-refractivity contribution in [3.05, 3.63) is 54.6 Å². The van der Waals surface area contributed by atoms with Crippen molar-refractivity contribution < 1.29 is 0 Å². The van der Waals surface area contributed by atoms with Crippen molar-refractivity contribution in [2.45, 2.75) is 25.8 Å². The number of nitrogens with zero attached hydrogens (tertiary/aromatic N) is 2. The quantitative estimate of drug-likeness (QED) is 0.636. The van der Waals surface area contributed by atoms with Gasteiger partial charge in [-0.3, -0.25) is 9.89 Å². The molecule has 0 saturated carbocycles. The maximum atomic E-state index is 4.19. The van der Waals surface area contributed by atoms with Crippen molar-refractivity contribution in [1.29, 1.82) is 0 Å². The maximum absolute atomic E-state index is 4.19. The number of hydrogen-bond donors (Lipinski definition) is 2. The Morgan fingerprint density at radius 1 is 1.19 bits per heavy atom. The second-order valence-corrected chi connectivity index (χ2v) is 6.80. The fraction of sp³-hybridized carbons (Fsp3) is 0.318. The number of likely N-dealkylation sites (tertiary alicyclic amines) is 1. The van der Waals surface area contributed by atoms with Crippen LogP contribution in [-0.2, 0) is 0 Å². The largest absolute Gasteiger partial charge is 0.382 e. The van der Waals surface area contributed by atoms with Crippen LogP contribution in [0.4, 0.5) is 22.7 Å². The molecule has 0 aromatic heterocycles. The molecule has 1 aliphatic heterocycles. The highest BCUT2D eigenvalue weighted by Crippen LogP contribution is 2.30. The van der Waals surface area contributed by atoms with Crippen LogP contribution in [0.2, 0.25) is 0 Å². The minimum absolute atomic E-state index is 0.702. The molecule has 1 saturated heterocycles. The standard InChI is InChI=1S/C22H28N4/c1-4-18-7-9-19(10-8-18)25-20-11-12-21(22(16-20)23-3)24-13-15-26-14-5-6-17(26)2/h4,7-12,16-17,24-25H,1,3,5-6,13-15H2,2H3. The zero-order valence-electron chi connectivity index (χ0n) is 15.5. The van der Waals surface area contributed by atoms with Gasteiger partial charge in [0, 0.05) is 30.5 Å². The summed E-state index contributed by atoms with van der Waals surface area (Å²) < 4.78 is 0.